The van der Waals surface area contributed by atoms with E-state index in [4.69, 9.17) is 11.6 Å². The molecule has 1 heterocycles. The van der Waals surface area contributed by atoms with Crippen LogP contribution < -0.4 is 5.46 Å². The number of rotatable bonds is 1. The number of halogens is 2. The van der Waals surface area contributed by atoms with Gasteiger partial charge in [0.25, 0.3) is 0 Å². The zero-order chi connectivity index (χ0) is 10.3. The Hall–Kier alpha value is -0.0651. The van der Waals surface area contributed by atoms with Crippen molar-refractivity contribution < 1.29 is 10.0 Å². The lowest BCUT2D eigenvalue weighted by Gasteiger charge is -2.05. The van der Waals surface area contributed by atoms with Crippen molar-refractivity contribution in [3.8, 4) is 0 Å². The Morgan fingerprint density at radius 2 is 2.14 bits per heavy atom. The average Bonchev–Trinajstić information content (AvgIpc) is 2.51. The molecular weight excluding hydrogens is 286 g/mol. The molecule has 0 aliphatic carbocycles. The van der Waals surface area contributed by atoms with Crippen LogP contribution in [0, 0.1) is 0 Å². The van der Waals surface area contributed by atoms with Gasteiger partial charge in [0.15, 0.2) is 0 Å². The number of hydrogen-bond acceptors (Lipinski definition) is 3. The zero-order valence-corrected chi connectivity index (χ0v) is 10.0. The van der Waals surface area contributed by atoms with Crippen molar-refractivity contribution in [2.75, 3.05) is 0 Å². The van der Waals surface area contributed by atoms with Crippen LogP contribution in [0.1, 0.15) is 0 Å². The maximum absolute atomic E-state index is 9.17. The lowest BCUT2D eigenvalue weighted by molar-refractivity contribution is 0.426. The van der Waals surface area contributed by atoms with Gasteiger partial charge in [-0.3, -0.25) is 0 Å². The number of benzene rings is 1. The summed E-state index contributed by atoms with van der Waals surface area (Å²) in [5, 5.41) is 21.4. The highest BCUT2D eigenvalue weighted by Gasteiger charge is 2.20. The third-order valence-electron chi connectivity index (χ3n) is 1.94. The smallest absolute Gasteiger partial charge is 0.423 e. The van der Waals surface area contributed by atoms with Crippen LogP contribution in [-0.4, -0.2) is 17.2 Å². The van der Waals surface area contributed by atoms with Crippen LogP contribution in [0.2, 0.25) is 5.02 Å². The topological polar surface area (TPSA) is 40.5 Å². The first-order valence-corrected chi connectivity index (χ1v) is 5.87. The maximum Gasteiger partial charge on any atom is 0.490 e. The molecule has 0 aliphatic rings. The molecular formula is C8H5BBrClO2S. The van der Waals surface area contributed by atoms with Crippen LogP contribution in [0.4, 0.5) is 0 Å². The SMILES string of the molecule is OB(O)c1c(Cl)cc(Br)c2sccc12. The summed E-state index contributed by atoms with van der Waals surface area (Å²) in [6, 6.07) is 3.50. The summed E-state index contributed by atoms with van der Waals surface area (Å²) in [5.74, 6) is 0. The van der Waals surface area contributed by atoms with Crippen molar-refractivity contribution in [3.63, 3.8) is 0 Å². The summed E-state index contributed by atoms with van der Waals surface area (Å²) in [7, 11) is -1.53. The number of fused-ring (bicyclic) bond motifs is 1. The molecule has 1 aromatic carbocycles. The summed E-state index contributed by atoms with van der Waals surface area (Å²) in [4.78, 5) is 0. The Morgan fingerprint density at radius 3 is 2.79 bits per heavy atom. The van der Waals surface area contributed by atoms with Gasteiger partial charge in [-0.15, -0.1) is 11.3 Å². The van der Waals surface area contributed by atoms with Crippen molar-refractivity contribution in [1.29, 1.82) is 0 Å². The molecule has 0 saturated carbocycles. The Balaban J connectivity index is 2.86. The van der Waals surface area contributed by atoms with Crippen LogP contribution in [0.5, 0.6) is 0 Å². The third-order valence-corrected chi connectivity index (χ3v) is 4.09. The van der Waals surface area contributed by atoms with Gasteiger partial charge in [0.1, 0.15) is 0 Å². The molecule has 0 atom stereocenters. The molecule has 14 heavy (non-hydrogen) atoms. The van der Waals surface area contributed by atoms with E-state index in [0.717, 1.165) is 14.6 Å². The van der Waals surface area contributed by atoms with Crippen molar-refractivity contribution in [2.45, 2.75) is 0 Å². The normalized spacial score (nSPS) is 10.9. The molecule has 2 aromatic rings. The lowest BCUT2D eigenvalue weighted by Crippen LogP contribution is -2.31. The molecule has 0 saturated heterocycles. The monoisotopic (exact) mass is 290 g/mol. The molecule has 0 bridgehead atoms. The fourth-order valence-electron chi connectivity index (χ4n) is 1.35. The average molecular weight is 291 g/mol. The predicted molar refractivity (Wildman–Crippen MR) is 64.4 cm³/mol. The second-order valence-corrected chi connectivity index (χ2v) is 4.97. The van der Waals surface area contributed by atoms with E-state index in [2.05, 4.69) is 15.9 Å². The fourth-order valence-corrected chi connectivity index (χ4v) is 3.33. The van der Waals surface area contributed by atoms with E-state index in [-0.39, 0.29) is 0 Å². The molecule has 0 spiro atoms. The highest BCUT2D eigenvalue weighted by Crippen LogP contribution is 2.30. The van der Waals surface area contributed by atoms with Gasteiger partial charge in [0.05, 0.1) is 0 Å². The molecule has 72 valence electrons. The highest BCUT2D eigenvalue weighted by atomic mass is 79.9. The van der Waals surface area contributed by atoms with Crippen LogP contribution in [-0.2, 0) is 0 Å². The second kappa shape index (κ2) is 3.83. The summed E-state index contributed by atoms with van der Waals surface area (Å²) >= 11 is 10.8. The Morgan fingerprint density at radius 1 is 1.43 bits per heavy atom. The minimum absolute atomic E-state index is 0.359. The van der Waals surface area contributed by atoms with Gasteiger partial charge >= 0.3 is 7.12 Å². The molecule has 1 aromatic heterocycles. The van der Waals surface area contributed by atoms with E-state index in [0.29, 0.717) is 10.5 Å². The van der Waals surface area contributed by atoms with Gasteiger partial charge in [-0.1, -0.05) is 11.6 Å². The van der Waals surface area contributed by atoms with Crippen molar-refractivity contribution in [2.24, 2.45) is 0 Å². The van der Waals surface area contributed by atoms with E-state index < -0.39 is 7.12 Å². The summed E-state index contributed by atoms with van der Waals surface area (Å²) in [5.41, 5.74) is 0.367. The van der Waals surface area contributed by atoms with Gasteiger partial charge in [-0.25, -0.2) is 0 Å². The third kappa shape index (κ3) is 1.59. The fraction of sp³-hybridized carbons (Fsp3) is 0. The molecule has 2 N–H and O–H groups in total. The number of thiophene rings is 1. The minimum Gasteiger partial charge on any atom is -0.423 e. The van der Waals surface area contributed by atoms with Crippen LogP contribution >= 0.6 is 38.9 Å². The van der Waals surface area contributed by atoms with Crippen LogP contribution in [0.15, 0.2) is 22.0 Å². The zero-order valence-electron chi connectivity index (χ0n) is 6.87. The largest absolute Gasteiger partial charge is 0.490 e. The van der Waals surface area contributed by atoms with Crippen LogP contribution in [0.25, 0.3) is 10.1 Å². The Bertz CT molecular complexity index is 485. The van der Waals surface area contributed by atoms with E-state index >= 15 is 0 Å². The first-order chi connectivity index (χ1) is 6.61. The standard InChI is InChI=1S/C8H5BBrClO2S/c10-5-3-6(11)7(9(12)13)4-1-2-14-8(4)5/h1-3,12-13H. The molecule has 0 radical (unpaired) electrons. The van der Waals surface area contributed by atoms with Crippen LogP contribution in [0.3, 0.4) is 0 Å². The van der Waals surface area contributed by atoms with Gasteiger partial charge in [-0.05, 0) is 38.8 Å². The molecule has 0 aliphatic heterocycles. The number of hydrogen-bond donors (Lipinski definition) is 2. The molecule has 0 fully saturated rings. The van der Waals surface area contributed by atoms with Crippen molar-refractivity contribution >= 4 is 61.5 Å². The maximum atomic E-state index is 9.17. The molecule has 2 rings (SSSR count). The summed E-state index contributed by atoms with van der Waals surface area (Å²) in [6.45, 7) is 0. The molecule has 0 amide bonds. The highest BCUT2D eigenvalue weighted by molar-refractivity contribution is 9.10. The van der Waals surface area contributed by atoms with Gasteiger partial charge in [0, 0.05) is 19.7 Å². The minimum atomic E-state index is -1.53. The van der Waals surface area contributed by atoms with E-state index in [1.807, 2.05) is 11.4 Å². The summed E-state index contributed by atoms with van der Waals surface area (Å²) in [6.07, 6.45) is 0. The Labute approximate surface area is 98.4 Å². The Kier molecular flexibility index (Phi) is 2.86. The van der Waals surface area contributed by atoms with Crippen molar-refractivity contribution in [1.82, 2.24) is 0 Å². The van der Waals surface area contributed by atoms with E-state index in [1.54, 1.807) is 6.07 Å². The predicted octanol–water partition coefficient (Wildman–Crippen LogP) is 2.00. The first-order valence-electron chi connectivity index (χ1n) is 3.82. The van der Waals surface area contributed by atoms with Gasteiger partial charge in [0.2, 0.25) is 0 Å². The van der Waals surface area contributed by atoms with E-state index in [9.17, 15) is 10.0 Å². The second-order valence-electron chi connectivity index (χ2n) is 2.79. The quantitative estimate of drug-likeness (QED) is 0.789. The summed E-state index contributed by atoms with van der Waals surface area (Å²) < 4.78 is 1.84. The first kappa shape index (κ1) is 10.5. The van der Waals surface area contributed by atoms with Crippen molar-refractivity contribution in [3.05, 3.63) is 27.0 Å². The molecule has 6 heteroatoms. The molecule has 2 nitrogen and oxygen atoms in total. The lowest BCUT2D eigenvalue weighted by atomic mass is 9.78. The molecule has 0 unspecified atom stereocenters. The van der Waals surface area contributed by atoms with Gasteiger partial charge in [-0.2, -0.15) is 0 Å². The van der Waals surface area contributed by atoms with Gasteiger partial charge < -0.3 is 10.0 Å². The van der Waals surface area contributed by atoms with E-state index in [1.165, 1.54) is 11.3 Å².